The Bertz CT molecular complexity index is 736. The predicted molar refractivity (Wildman–Crippen MR) is 100 cm³/mol. The number of likely N-dealkylation sites (tertiary alicyclic amines) is 1. The fourth-order valence-electron chi connectivity index (χ4n) is 5.18. The molecule has 138 valence electrons. The van der Waals surface area contributed by atoms with Crippen molar-refractivity contribution in [1.82, 2.24) is 9.21 Å². The molecule has 4 rings (SSSR count). The van der Waals surface area contributed by atoms with Gasteiger partial charge in [0.25, 0.3) is 0 Å². The van der Waals surface area contributed by atoms with E-state index in [4.69, 9.17) is 0 Å². The fraction of sp³-hybridized carbons (Fsp3) is 0.700. The van der Waals surface area contributed by atoms with E-state index in [0.717, 1.165) is 32.1 Å². The van der Waals surface area contributed by atoms with Crippen molar-refractivity contribution in [3.05, 3.63) is 29.3 Å². The van der Waals surface area contributed by atoms with Gasteiger partial charge in [-0.05, 0) is 82.1 Å². The number of sulfonamides is 1. The zero-order valence-corrected chi connectivity index (χ0v) is 16.3. The minimum Gasteiger partial charge on any atom is -0.294 e. The van der Waals surface area contributed by atoms with Crippen molar-refractivity contribution in [1.29, 1.82) is 0 Å². The lowest BCUT2D eigenvalue weighted by atomic mass is 10.0. The van der Waals surface area contributed by atoms with Gasteiger partial charge in [0.05, 0.1) is 4.90 Å². The first-order valence-electron chi connectivity index (χ1n) is 9.86. The van der Waals surface area contributed by atoms with E-state index in [-0.39, 0.29) is 0 Å². The van der Waals surface area contributed by atoms with E-state index in [1.807, 2.05) is 18.2 Å². The third kappa shape index (κ3) is 3.15. The van der Waals surface area contributed by atoms with Gasteiger partial charge in [0.1, 0.15) is 0 Å². The van der Waals surface area contributed by atoms with Gasteiger partial charge in [0.15, 0.2) is 0 Å². The predicted octanol–water partition coefficient (Wildman–Crippen LogP) is 3.20. The molecule has 2 aliphatic heterocycles. The van der Waals surface area contributed by atoms with Crippen molar-refractivity contribution in [2.24, 2.45) is 0 Å². The van der Waals surface area contributed by atoms with Gasteiger partial charge in [-0.2, -0.15) is 4.31 Å². The van der Waals surface area contributed by atoms with E-state index in [1.54, 1.807) is 4.31 Å². The molecule has 1 aliphatic carbocycles. The Morgan fingerprint density at radius 1 is 0.960 bits per heavy atom. The summed E-state index contributed by atoms with van der Waals surface area (Å²) in [5.74, 6) is 0. The molecule has 4 nitrogen and oxygen atoms in total. The number of benzene rings is 1. The van der Waals surface area contributed by atoms with Gasteiger partial charge in [0, 0.05) is 31.2 Å². The zero-order chi connectivity index (χ0) is 17.6. The molecule has 0 amide bonds. The Kier molecular flexibility index (Phi) is 4.67. The molecule has 5 heteroatoms. The van der Waals surface area contributed by atoms with Gasteiger partial charge in [-0.15, -0.1) is 0 Å². The maximum absolute atomic E-state index is 13.2. The molecule has 2 saturated heterocycles. The summed E-state index contributed by atoms with van der Waals surface area (Å²) in [7, 11) is -3.37. The molecular formula is C20H30N2O2S. The van der Waals surface area contributed by atoms with Gasteiger partial charge in [-0.25, -0.2) is 8.42 Å². The van der Waals surface area contributed by atoms with Crippen LogP contribution >= 0.6 is 0 Å². The first-order valence-corrected chi connectivity index (χ1v) is 11.3. The van der Waals surface area contributed by atoms with Crippen LogP contribution in [0, 0.1) is 0 Å². The largest absolute Gasteiger partial charge is 0.294 e. The van der Waals surface area contributed by atoms with Gasteiger partial charge in [-0.3, -0.25) is 4.90 Å². The summed E-state index contributed by atoms with van der Waals surface area (Å²) in [4.78, 5) is 3.07. The van der Waals surface area contributed by atoms with Crippen LogP contribution in [0.5, 0.6) is 0 Å². The Hall–Kier alpha value is -0.910. The Morgan fingerprint density at radius 2 is 1.68 bits per heavy atom. The van der Waals surface area contributed by atoms with Crippen LogP contribution in [-0.4, -0.2) is 48.8 Å². The Balaban J connectivity index is 1.56. The molecule has 3 aliphatic rings. The minimum absolute atomic E-state index is 0.366. The molecule has 0 aromatic heterocycles. The molecule has 0 bridgehead atoms. The summed E-state index contributed by atoms with van der Waals surface area (Å²) in [5, 5.41) is 0. The van der Waals surface area contributed by atoms with E-state index < -0.39 is 10.0 Å². The van der Waals surface area contributed by atoms with Gasteiger partial charge in [-0.1, -0.05) is 6.07 Å². The smallest absolute Gasteiger partial charge is 0.243 e. The molecule has 1 aromatic carbocycles. The van der Waals surface area contributed by atoms with Gasteiger partial charge < -0.3 is 0 Å². The molecule has 3 atom stereocenters. The fourth-order valence-corrected chi connectivity index (χ4v) is 6.74. The van der Waals surface area contributed by atoms with Crippen LogP contribution < -0.4 is 0 Å². The standard InChI is InChI=1S/C20H30N2O2S/c1-15-8-9-16(2)22(15)19-7-4-12-21(14-19)25(23,24)20-11-10-17-5-3-6-18(17)13-20/h10-11,13,15-16,19H,3-9,12,14H2,1-2H3. The second kappa shape index (κ2) is 6.67. The lowest BCUT2D eigenvalue weighted by Gasteiger charge is -2.41. The number of hydrogen-bond acceptors (Lipinski definition) is 3. The van der Waals surface area contributed by atoms with Crippen molar-refractivity contribution < 1.29 is 8.42 Å². The molecule has 25 heavy (non-hydrogen) atoms. The highest BCUT2D eigenvalue weighted by atomic mass is 32.2. The maximum atomic E-state index is 13.2. The summed E-state index contributed by atoms with van der Waals surface area (Å²) in [6, 6.07) is 7.30. The minimum atomic E-state index is -3.37. The van der Waals surface area contributed by atoms with Gasteiger partial charge >= 0.3 is 0 Å². The molecule has 0 saturated carbocycles. The van der Waals surface area contributed by atoms with Crippen LogP contribution in [0.3, 0.4) is 0 Å². The molecule has 2 fully saturated rings. The van der Waals surface area contributed by atoms with Crippen molar-refractivity contribution >= 4 is 10.0 Å². The quantitative estimate of drug-likeness (QED) is 0.829. The monoisotopic (exact) mass is 362 g/mol. The number of fused-ring (bicyclic) bond motifs is 1. The van der Waals surface area contributed by atoms with Gasteiger partial charge in [0.2, 0.25) is 10.0 Å². The van der Waals surface area contributed by atoms with Crippen LogP contribution in [0.1, 0.15) is 57.1 Å². The number of hydrogen-bond donors (Lipinski definition) is 0. The summed E-state index contributed by atoms with van der Waals surface area (Å²) < 4.78 is 28.2. The molecule has 0 N–H and O–H groups in total. The summed E-state index contributed by atoms with van der Waals surface area (Å²) in [6.45, 7) is 5.88. The van der Waals surface area contributed by atoms with Crippen molar-refractivity contribution in [3.63, 3.8) is 0 Å². The molecule has 1 aromatic rings. The lowest BCUT2D eigenvalue weighted by Crippen LogP contribution is -2.52. The average molecular weight is 363 g/mol. The summed E-state index contributed by atoms with van der Waals surface area (Å²) in [6.07, 6.45) is 7.80. The topological polar surface area (TPSA) is 40.6 Å². The van der Waals surface area contributed by atoms with Crippen LogP contribution in [0.4, 0.5) is 0 Å². The van der Waals surface area contributed by atoms with E-state index in [0.29, 0.717) is 36.1 Å². The Morgan fingerprint density at radius 3 is 2.44 bits per heavy atom. The van der Waals surface area contributed by atoms with E-state index in [2.05, 4.69) is 18.7 Å². The van der Waals surface area contributed by atoms with Crippen LogP contribution in [-0.2, 0) is 22.9 Å². The summed E-state index contributed by atoms with van der Waals surface area (Å²) >= 11 is 0. The van der Waals surface area contributed by atoms with Crippen LogP contribution in [0.2, 0.25) is 0 Å². The van der Waals surface area contributed by atoms with E-state index in [1.165, 1.54) is 24.0 Å². The highest BCUT2D eigenvalue weighted by Crippen LogP contribution is 2.32. The van der Waals surface area contributed by atoms with E-state index in [9.17, 15) is 8.42 Å². The Labute approximate surface area is 152 Å². The number of piperidine rings is 1. The van der Waals surface area contributed by atoms with Crippen LogP contribution in [0.15, 0.2) is 23.1 Å². The number of rotatable bonds is 3. The molecule has 3 unspecified atom stereocenters. The van der Waals surface area contributed by atoms with Crippen molar-refractivity contribution in [2.45, 2.75) is 81.8 Å². The number of aryl methyl sites for hydroxylation is 2. The molecule has 2 heterocycles. The highest BCUT2D eigenvalue weighted by molar-refractivity contribution is 7.89. The molecular weight excluding hydrogens is 332 g/mol. The van der Waals surface area contributed by atoms with Crippen molar-refractivity contribution in [2.75, 3.05) is 13.1 Å². The zero-order valence-electron chi connectivity index (χ0n) is 15.4. The number of nitrogens with zero attached hydrogens (tertiary/aromatic N) is 2. The summed E-state index contributed by atoms with van der Waals surface area (Å²) in [5.41, 5.74) is 2.56. The normalized spacial score (nSPS) is 31.4. The maximum Gasteiger partial charge on any atom is 0.243 e. The third-order valence-electron chi connectivity index (χ3n) is 6.51. The SMILES string of the molecule is CC1CCC(C)N1C1CCCN(S(=O)(=O)c2ccc3c(c2)CCC3)C1. The molecule has 0 spiro atoms. The lowest BCUT2D eigenvalue weighted by molar-refractivity contribution is 0.0979. The first-order chi connectivity index (χ1) is 12.0. The van der Waals surface area contributed by atoms with Crippen LogP contribution in [0.25, 0.3) is 0 Å². The second-order valence-electron chi connectivity index (χ2n) is 8.17. The molecule has 0 radical (unpaired) electrons. The highest BCUT2D eigenvalue weighted by Gasteiger charge is 2.38. The van der Waals surface area contributed by atoms with E-state index >= 15 is 0 Å². The second-order valence-corrected chi connectivity index (χ2v) is 10.1. The van der Waals surface area contributed by atoms with Crippen molar-refractivity contribution in [3.8, 4) is 0 Å². The first kappa shape index (κ1) is 17.5. The average Bonchev–Trinajstić information content (AvgIpc) is 3.20. The third-order valence-corrected chi connectivity index (χ3v) is 8.37.